The first-order valence-corrected chi connectivity index (χ1v) is 6.45. The molecule has 1 heterocycles. The SMILES string of the molecule is CCOCCCn1ccnc1NC(C)(C)COC. The van der Waals surface area contributed by atoms with Crippen LogP contribution in [0.5, 0.6) is 0 Å². The number of nitrogens with zero attached hydrogens (tertiary/aromatic N) is 2. The molecule has 1 N–H and O–H groups in total. The van der Waals surface area contributed by atoms with Gasteiger partial charge in [0.2, 0.25) is 5.95 Å². The van der Waals surface area contributed by atoms with E-state index in [2.05, 4.69) is 28.7 Å². The van der Waals surface area contributed by atoms with E-state index in [1.165, 1.54) is 0 Å². The van der Waals surface area contributed by atoms with Gasteiger partial charge in [0, 0.05) is 39.3 Å². The summed E-state index contributed by atoms with van der Waals surface area (Å²) in [6, 6.07) is 0. The fraction of sp³-hybridized carbons (Fsp3) is 0.769. The highest BCUT2D eigenvalue weighted by atomic mass is 16.5. The van der Waals surface area contributed by atoms with Gasteiger partial charge in [-0.3, -0.25) is 0 Å². The Labute approximate surface area is 109 Å². The van der Waals surface area contributed by atoms with Crippen molar-refractivity contribution in [3.8, 4) is 0 Å². The third kappa shape index (κ3) is 5.06. The number of nitrogens with one attached hydrogen (secondary N) is 1. The van der Waals surface area contributed by atoms with E-state index in [0.29, 0.717) is 6.61 Å². The summed E-state index contributed by atoms with van der Waals surface area (Å²) in [5.41, 5.74) is -0.127. The van der Waals surface area contributed by atoms with Crippen molar-refractivity contribution >= 4 is 5.95 Å². The molecule has 1 rings (SSSR count). The van der Waals surface area contributed by atoms with E-state index in [4.69, 9.17) is 9.47 Å². The van der Waals surface area contributed by atoms with Gasteiger partial charge in [-0.2, -0.15) is 0 Å². The lowest BCUT2D eigenvalue weighted by Crippen LogP contribution is -2.37. The Hall–Kier alpha value is -1.07. The summed E-state index contributed by atoms with van der Waals surface area (Å²) in [7, 11) is 1.71. The molecule has 104 valence electrons. The van der Waals surface area contributed by atoms with Crippen molar-refractivity contribution in [3.05, 3.63) is 12.4 Å². The van der Waals surface area contributed by atoms with E-state index < -0.39 is 0 Å². The summed E-state index contributed by atoms with van der Waals surface area (Å²) in [6.07, 6.45) is 4.78. The Morgan fingerprint density at radius 2 is 2.22 bits per heavy atom. The van der Waals surface area contributed by atoms with Crippen LogP contribution in [-0.4, -0.2) is 42.0 Å². The van der Waals surface area contributed by atoms with Gasteiger partial charge in [0.05, 0.1) is 12.1 Å². The Bertz CT molecular complexity index is 337. The van der Waals surface area contributed by atoms with Crippen molar-refractivity contribution in [2.45, 2.75) is 39.3 Å². The lowest BCUT2D eigenvalue weighted by molar-refractivity contribution is 0.141. The number of ether oxygens (including phenoxy) is 2. The van der Waals surface area contributed by atoms with Crippen molar-refractivity contribution in [1.29, 1.82) is 0 Å². The van der Waals surface area contributed by atoms with Crippen molar-refractivity contribution < 1.29 is 9.47 Å². The first-order chi connectivity index (χ1) is 8.59. The normalized spacial score (nSPS) is 11.8. The van der Waals surface area contributed by atoms with Gasteiger partial charge in [0.15, 0.2) is 0 Å². The molecule has 18 heavy (non-hydrogen) atoms. The smallest absolute Gasteiger partial charge is 0.203 e. The number of aryl methyl sites for hydroxylation is 1. The van der Waals surface area contributed by atoms with Crippen molar-refractivity contribution in [3.63, 3.8) is 0 Å². The van der Waals surface area contributed by atoms with E-state index in [9.17, 15) is 0 Å². The van der Waals surface area contributed by atoms with Crippen molar-refractivity contribution in [2.24, 2.45) is 0 Å². The van der Waals surface area contributed by atoms with Gasteiger partial charge in [-0.1, -0.05) is 0 Å². The fourth-order valence-electron chi connectivity index (χ4n) is 1.79. The van der Waals surface area contributed by atoms with Crippen LogP contribution in [0.15, 0.2) is 12.4 Å². The Kier molecular flexibility index (Phi) is 6.15. The third-order valence-electron chi connectivity index (χ3n) is 2.56. The molecule has 0 aliphatic carbocycles. The monoisotopic (exact) mass is 255 g/mol. The van der Waals surface area contributed by atoms with Crippen LogP contribution in [0.1, 0.15) is 27.2 Å². The highest BCUT2D eigenvalue weighted by Gasteiger charge is 2.19. The quantitative estimate of drug-likeness (QED) is 0.687. The Morgan fingerprint density at radius 3 is 2.89 bits per heavy atom. The van der Waals surface area contributed by atoms with Crippen LogP contribution in [0, 0.1) is 0 Å². The molecule has 0 fully saturated rings. The van der Waals surface area contributed by atoms with Crippen LogP contribution in [0.3, 0.4) is 0 Å². The molecule has 5 heteroatoms. The topological polar surface area (TPSA) is 48.3 Å². The average Bonchev–Trinajstić information content (AvgIpc) is 2.71. The minimum atomic E-state index is -0.127. The summed E-state index contributed by atoms with van der Waals surface area (Å²) in [6.45, 7) is 9.30. The van der Waals surface area contributed by atoms with Crippen molar-refractivity contribution in [2.75, 3.05) is 32.2 Å². The van der Waals surface area contributed by atoms with Gasteiger partial charge in [-0.05, 0) is 27.2 Å². The molecule has 5 nitrogen and oxygen atoms in total. The number of hydrogen-bond donors (Lipinski definition) is 1. The van der Waals surface area contributed by atoms with Crippen LogP contribution >= 0.6 is 0 Å². The minimum Gasteiger partial charge on any atom is -0.382 e. The highest BCUT2D eigenvalue weighted by molar-refractivity contribution is 5.29. The summed E-state index contributed by atoms with van der Waals surface area (Å²) < 4.78 is 12.6. The van der Waals surface area contributed by atoms with Gasteiger partial charge in [0.1, 0.15) is 0 Å². The molecule has 0 aromatic carbocycles. The van der Waals surface area contributed by atoms with Crippen LogP contribution in [0.2, 0.25) is 0 Å². The summed E-state index contributed by atoms with van der Waals surface area (Å²) >= 11 is 0. The second-order valence-electron chi connectivity index (χ2n) is 4.94. The average molecular weight is 255 g/mol. The van der Waals surface area contributed by atoms with Gasteiger partial charge >= 0.3 is 0 Å². The third-order valence-corrected chi connectivity index (χ3v) is 2.56. The molecule has 0 aliphatic heterocycles. The second kappa shape index (κ2) is 7.38. The van der Waals surface area contributed by atoms with Gasteiger partial charge in [0.25, 0.3) is 0 Å². The van der Waals surface area contributed by atoms with Gasteiger partial charge < -0.3 is 19.4 Å². The first-order valence-electron chi connectivity index (χ1n) is 6.45. The van der Waals surface area contributed by atoms with Gasteiger partial charge in [-0.25, -0.2) is 4.98 Å². The van der Waals surface area contributed by atoms with Crippen LogP contribution in [0.4, 0.5) is 5.95 Å². The summed E-state index contributed by atoms with van der Waals surface area (Å²) in [5, 5.41) is 3.39. The minimum absolute atomic E-state index is 0.127. The lowest BCUT2D eigenvalue weighted by atomic mass is 10.1. The summed E-state index contributed by atoms with van der Waals surface area (Å²) in [4.78, 5) is 4.34. The van der Waals surface area contributed by atoms with Gasteiger partial charge in [-0.15, -0.1) is 0 Å². The number of imidazole rings is 1. The van der Waals surface area contributed by atoms with Crippen molar-refractivity contribution in [1.82, 2.24) is 9.55 Å². The number of methoxy groups -OCH3 is 1. The number of anilines is 1. The molecule has 0 amide bonds. The Morgan fingerprint density at radius 1 is 1.44 bits per heavy atom. The zero-order valence-corrected chi connectivity index (χ0v) is 11.9. The van der Waals surface area contributed by atoms with Crippen LogP contribution < -0.4 is 5.32 Å². The maximum atomic E-state index is 5.34. The first kappa shape index (κ1) is 15.0. The number of hydrogen-bond acceptors (Lipinski definition) is 4. The molecule has 1 aromatic rings. The molecule has 0 radical (unpaired) electrons. The molecule has 0 atom stereocenters. The van der Waals surface area contributed by atoms with E-state index in [1.54, 1.807) is 7.11 Å². The molecule has 0 saturated heterocycles. The maximum Gasteiger partial charge on any atom is 0.203 e. The number of rotatable bonds is 9. The van der Waals surface area contributed by atoms with E-state index in [0.717, 1.165) is 32.1 Å². The Balaban J connectivity index is 2.49. The lowest BCUT2D eigenvalue weighted by Gasteiger charge is -2.26. The molecule has 0 saturated carbocycles. The molecular weight excluding hydrogens is 230 g/mol. The van der Waals surface area contributed by atoms with E-state index >= 15 is 0 Å². The predicted octanol–water partition coefficient (Wildman–Crippen LogP) is 2.15. The van der Waals surface area contributed by atoms with E-state index in [1.807, 2.05) is 19.3 Å². The molecule has 1 aromatic heterocycles. The predicted molar refractivity (Wildman–Crippen MR) is 72.9 cm³/mol. The fourth-order valence-corrected chi connectivity index (χ4v) is 1.79. The zero-order chi connectivity index (χ0) is 13.4. The maximum absolute atomic E-state index is 5.34. The van der Waals surface area contributed by atoms with Crippen LogP contribution in [-0.2, 0) is 16.0 Å². The van der Waals surface area contributed by atoms with E-state index in [-0.39, 0.29) is 5.54 Å². The standard InChI is InChI=1S/C13H25N3O2/c1-5-18-10-6-8-16-9-7-14-12(16)15-13(2,3)11-17-4/h7,9H,5-6,8,10-11H2,1-4H3,(H,14,15). The second-order valence-corrected chi connectivity index (χ2v) is 4.94. The molecule has 0 aliphatic rings. The highest BCUT2D eigenvalue weighted by Crippen LogP contribution is 2.14. The molecule has 0 spiro atoms. The number of aromatic nitrogens is 2. The molecular formula is C13H25N3O2. The molecule has 0 bridgehead atoms. The van der Waals surface area contributed by atoms with Crippen LogP contribution in [0.25, 0.3) is 0 Å². The largest absolute Gasteiger partial charge is 0.382 e. The molecule has 0 unspecified atom stereocenters. The summed E-state index contributed by atoms with van der Waals surface area (Å²) in [5.74, 6) is 0.883. The zero-order valence-electron chi connectivity index (χ0n) is 11.9.